The number of hydrazine groups is 1. The Hall–Kier alpha value is -2.09. The zero-order valence-corrected chi connectivity index (χ0v) is 16.6. The van der Waals surface area contributed by atoms with Crippen LogP contribution in [0.1, 0.15) is 48.0 Å². The average molecular weight is 414 g/mol. The number of hydrogen-bond acceptors (Lipinski definition) is 6. The Bertz CT molecular complexity index is 800. The molecule has 27 heavy (non-hydrogen) atoms. The van der Waals surface area contributed by atoms with Gasteiger partial charge in [-0.1, -0.05) is 28.4 Å². The summed E-state index contributed by atoms with van der Waals surface area (Å²) in [6.45, 7) is 3.50. The first-order valence-electron chi connectivity index (χ1n) is 8.43. The Kier molecular flexibility index (Phi) is 7.65. The molecule has 0 saturated heterocycles. The van der Waals surface area contributed by atoms with E-state index in [0.717, 1.165) is 37.1 Å². The molecule has 1 aromatic carbocycles. The smallest absolute Gasteiger partial charge is 0.274 e. The fourth-order valence-electron chi connectivity index (χ4n) is 2.39. The lowest BCUT2D eigenvalue weighted by Crippen LogP contribution is -2.41. The van der Waals surface area contributed by atoms with Crippen molar-refractivity contribution in [2.24, 2.45) is 5.84 Å². The molecule has 0 aliphatic carbocycles. The number of rotatable bonds is 8. The number of nitrogens with two attached hydrogens (primary N) is 1. The van der Waals surface area contributed by atoms with Crippen molar-refractivity contribution in [2.75, 3.05) is 6.61 Å². The highest BCUT2D eigenvalue weighted by Gasteiger charge is 2.19. The van der Waals surface area contributed by atoms with Crippen LogP contribution in [0.5, 0.6) is 5.75 Å². The van der Waals surface area contributed by atoms with Gasteiger partial charge < -0.3 is 9.26 Å². The number of carbonyl (C=O) groups is 2. The van der Waals surface area contributed by atoms with Gasteiger partial charge in [0.25, 0.3) is 5.91 Å². The highest BCUT2D eigenvalue weighted by molar-refractivity contribution is 6.37. The molecule has 2 aromatic rings. The number of aryl methyl sites for hydroxylation is 2. The molecule has 0 atom stereocenters. The van der Waals surface area contributed by atoms with Crippen molar-refractivity contribution < 1.29 is 18.8 Å². The van der Waals surface area contributed by atoms with Crippen LogP contribution in [0.2, 0.25) is 10.0 Å². The first-order valence-corrected chi connectivity index (χ1v) is 9.19. The number of imide groups is 1. The van der Waals surface area contributed by atoms with Gasteiger partial charge >= 0.3 is 0 Å². The largest absolute Gasteiger partial charge is 0.490 e. The van der Waals surface area contributed by atoms with E-state index >= 15 is 0 Å². The number of amides is 2. The molecule has 0 aliphatic heterocycles. The highest BCUT2D eigenvalue weighted by Crippen LogP contribution is 2.34. The Balaban J connectivity index is 1.84. The summed E-state index contributed by atoms with van der Waals surface area (Å²) >= 11 is 12.3. The normalized spacial score (nSPS) is 10.7. The molecule has 0 bridgehead atoms. The first kappa shape index (κ1) is 21.2. The minimum atomic E-state index is -0.694. The van der Waals surface area contributed by atoms with Gasteiger partial charge in [-0.15, -0.1) is 0 Å². The number of ether oxygens (including phenoxy) is 1. The molecular formula is C18H21Cl2N3O4. The van der Waals surface area contributed by atoms with Crippen molar-refractivity contribution in [1.29, 1.82) is 0 Å². The molecule has 9 heteroatoms. The van der Waals surface area contributed by atoms with Crippen LogP contribution in [0, 0.1) is 6.92 Å². The molecule has 1 heterocycles. The maximum absolute atomic E-state index is 12.1. The predicted octanol–water partition coefficient (Wildman–Crippen LogP) is 3.94. The standard InChI is InChI=1S/C18H21Cl2N3O4/c1-11-8-14(27-22-11)6-4-3-5-7-26-17-15(19)9-13(10-16(17)20)18(25)23(21)12(2)24/h8-10H,3-7,21H2,1-2H3. The molecule has 2 N–H and O–H groups in total. The van der Waals surface area contributed by atoms with E-state index in [1.165, 1.54) is 19.1 Å². The number of unbranched alkanes of at least 4 members (excludes halogenated alkanes) is 2. The summed E-state index contributed by atoms with van der Waals surface area (Å²) in [6, 6.07) is 4.67. The van der Waals surface area contributed by atoms with Crippen LogP contribution in [0.15, 0.2) is 22.7 Å². The Morgan fingerprint density at radius 2 is 1.85 bits per heavy atom. The van der Waals surface area contributed by atoms with Crippen LogP contribution in [0.3, 0.4) is 0 Å². The van der Waals surface area contributed by atoms with E-state index in [1.807, 2.05) is 13.0 Å². The third-order valence-electron chi connectivity index (χ3n) is 3.79. The number of aromatic nitrogens is 1. The van der Waals surface area contributed by atoms with Gasteiger partial charge in [0.05, 0.1) is 22.3 Å². The highest BCUT2D eigenvalue weighted by atomic mass is 35.5. The van der Waals surface area contributed by atoms with Gasteiger partial charge in [0.15, 0.2) is 5.75 Å². The van der Waals surface area contributed by atoms with Gasteiger partial charge in [-0.3, -0.25) is 9.59 Å². The molecule has 0 radical (unpaired) electrons. The fraction of sp³-hybridized carbons (Fsp3) is 0.389. The Morgan fingerprint density at radius 3 is 2.41 bits per heavy atom. The molecule has 2 rings (SSSR count). The summed E-state index contributed by atoms with van der Waals surface area (Å²) in [5, 5.41) is 4.71. The van der Waals surface area contributed by atoms with Gasteiger partial charge in [-0.2, -0.15) is 0 Å². The van der Waals surface area contributed by atoms with Gasteiger partial charge in [-0.05, 0) is 38.3 Å². The molecule has 0 aliphatic rings. The summed E-state index contributed by atoms with van der Waals surface area (Å²) < 4.78 is 10.8. The monoisotopic (exact) mass is 413 g/mol. The summed E-state index contributed by atoms with van der Waals surface area (Å²) in [4.78, 5) is 23.3. The number of hydrogen-bond donors (Lipinski definition) is 1. The number of halogens is 2. The van der Waals surface area contributed by atoms with E-state index in [-0.39, 0.29) is 15.6 Å². The van der Waals surface area contributed by atoms with E-state index in [2.05, 4.69) is 5.16 Å². The molecule has 0 saturated carbocycles. The van der Waals surface area contributed by atoms with E-state index in [1.54, 1.807) is 0 Å². The van der Waals surface area contributed by atoms with Gasteiger partial charge in [0, 0.05) is 25.0 Å². The van der Waals surface area contributed by atoms with Crippen molar-refractivity contribution in [3.05, 3.63) is 45.3 Å². The molecule has 0 fully saturated rings. The van der Waals surface area contributed by atoms with Gasteiger partial charge in [0.2, 0.25) is 5.91 Å². The third kappa shape index (κ3) is 5.95. The summed E-state index contributed by atoms with van der Waals surface area (Å²) in [5.74, 6) is 5.30. The van der Waals surface area contributed by atoms with E-state index in [9.17, 15) is 9.59 Å². The summed E-state index contributed by atoms with van der Waals surface area (Å²) in [7, 11) is 0. The van der Waals surface area contributed by atoms with Crippen molar-refractivity contribution >= 4 is 35.0 Å². The average Bonchev–Trinajstić information content (AvgIpc) is 3.03. The topological polar surface area (TPSA) is 98.7 Å². The molecule has 0 spiro atoms. The minimum absolute atomic E-state index is 0.109. The minimum Gasteiger partial charge on any atom is -0.490 e. The lowest BCUT2D eigenvalue weighted by atomic mass is 10.1. The van der Waals surface area contributed by atoms with Crippen molar-refractivity contribution in [2.45, 2.75) is 39.5 Å². The maximum atomic E-state index is 12.1. The van der Waals surface area contributed by atoms with Crippen LogP contribution >= 0.6 is 23.2 Å². The molecule has 0 unspecified atom stereocenters. The summed E-state index contributed by atoms with van der Waals surface area (Å²) in [6.07, 6.45) is 3.52. The molecule has 2 amide bonds. The number of benzene rings is 1. The second-order valence-electron chi connectivity index (χ2n) is 6.06. The van der Waals surface area contributed by atoms with Crippen LogP contribution in [0.4, 0.5) is 0 Å². The molecule has 146 valence electrons. The maximum Gasteiger partial charge on any atom is 0.274 e. The Morgan fingerprint density at radius 1 is 1.19 bits per heavy atom. The van der Waals surface area contributed by atoms with E-state index in [4.69, 9.17) is 38.3 Å². The Labute approximate surface area is 167 Å². The van der Waals surface area contributed by atoms with E-state index in [0.29, 0.717) is 17.4 Å². The van der Waals surface area contributed by atoms with Gasteiger partial charge in [-0.25, -0.2) is 10.9 Å². The van der Waals surface area contributed by atoms with Crippen molar-refractivity contribution in [1.82, 2.24) is 10.2 Å². The molecule has 1 aromatic heterocycles. The zero-order chi connectivity index (χ0) is 20.0. The van der Waals surface area contributed by atoms with Crippen LogP contribution in [-0.4, -0.2) is 28.6 Å². The van der Waals surface area contributed by atoms with Crippen LogP contribution in [-0.2, 0) is 11.2 Å². The molecular weight excluding hydrogens is 393 g/mol. The zero-order valence-electron chi connectivity index (χ0n) is 15.1. The number of nitrogens with zero attached hydrogens (tertiary/aromatic N) is 2. The predicted molar refractivity (Wildman–Crippen MR) is 102 cm³/mol. The van der Waals surface area contributed by atoms with Crippen LogP contribution < -0.4 is 10.6 Å². The van der Waals surface area contributed by atoms with Crippen molar-refractivity contribution in [3.8, 4) is 5.75 Å². The van der Waals surface area contributed by atoms with Crippen LogP contribution in [0.25, 0.3) is 0 Å². The quantitative estimate of drug-likeness (QED) is 0.304. The number of carbonyl (C=O) groups excluding carboxylic acids is 2. The van der Waals surface area contributed by atoms with E-state index < -0.39 is 11.8 Å². The lowest BCUT2D eigenvalue weighted by molar-refractivity contribution is -0.126. The molecule has 7 nitrogen and oxygen atoms in total. The summed E-state index contributed by atoms with van der Waals surface area (Å²) in [5.41, 5.74) is 0.984. The fourth-order valence-corrected chi connectivity index (χ4v) is 2.99. The lowest BCUT2D eigenvalue weighted by Gasteiger charge is -2.15. The second-order valence-corrected chi connectivity index (χ2v) is 6.87. The van der Waals surface area contributed by atoms with Crippen molar-refractivity contribution in [3.63, 3.8) is 0 Å². The van der Waals surface area contributed by atoms with Gasteiger partial charge in [0.1, 0.15) is 5.76 Å². The SMILES string of the molecule is CC(=O)N(N)C(=O)c1cc(Cl)c(OCCCCCc2cc(C)no2)c(Cl)c1. The second kappa shape index (κ2) is 9.73. The first-order chi connectivity index (χ1) is 12.8. The third-order valence-corrected chi connectivity index (χ3v) is 4.36.